The molecule has 0 bridgehead atoms. The maximum Gasteiger partial charge on any atom is 0.416 e. The molecule has 1 aromatic rings. The fraction of sp³-hybridized carbons (Fsp3) is 0.467. The summed E-state index contributed by atoms with van der Waals surface area (Å²) < 4.78 is 38.2. The Balaban J connectivity index is 3.02. The van der Waals surface area contributed by atoms with Crippen molar-refractivity contribution in [3.05, 3.63) is 35.4 Å². The van der Waals surface area contributed by atoms with Crippen molar-refractivity contribution < 1.29 is 18.0 Å². The second-order valence-electron chi connectivity index (χ2n) is 5.44. The first-order valence-corrected chi connectivity index (χ1v) is 6.44. The van der Waals surface area contributed by atoms with Gasteiger partial charge in [-0.05, 0) is 32.4 Å². The van der Waals surface area contributed by atoms with Crippen LogP contribution in [0.5, 0.6) is 0 Å². The summed E-state index contributed by atoms with van der Waals surface area (Å²) in [4.78, 5) is 12.2. The lowest BCUT2D eigenvalue weighted by Crippen LogP contribution is -2.44. The highest BCUT2D eigenvalue weighted by atomic mass is 19.4. The van der Waals surface area contributed by atoms with Crippen LogP contribution in [-0.2, 0) is 16.4 Å². The number of alkyl halides is 3. The number of hydrogen-bond acceptors (Lipinski definition) is 2. The van der Waals surface area contributed by atoms with Crippen LogP contribution in [-0.4, -0.2) is 11.9 Å². The van der Waals surface area contributed by atoms with Crippen molar-refractivity contribution in [3.63, 3.8) is 0 Å². The lowest BCUT2D eigenvalue weighted by Gasteiger charge is -2.26. The standard InChI is InChI=1S/C15H17F3N2O/c1-10(7-8-19)20-13(21)14(2,3)11-5-4-6-12(9-11)15(16,17)18/h4-6,9-10H,7H2,1-3H3,(H,20,21)/t10-/m0/s1. The maximum atomic E-state index is 12.7. The second-order valence-corrected chi connectivity index (χ2v) is 5.44. The van der Waals surface area contributed by atoms with Crippen LogP contribution in [0.3, 0.4) is 0 Å². The smallest absolute Gasteiger partial charge is 0.352 e. The third kappa shape index (κ3) is 4.22. The molecule has 0 unspecified atom stereocenters. The molecule has 114 valence electrons. The molecule has 0 fully saturated rings. The van der Waals surface area contributed by atoms with Gasteiger partial charge < -0.3 is 5.32 Å². The second kappa shape index (κ2) is 6.17. The molecule has 0 saturated carbocycles. The summed E-state index contributed by atoms with van der Waals surface area (Å²) in [6.45, 7) is 4.77. The molecule has 0 aliphatic carbocycles. The van der Waals surface area contributed by atoms with Crippen molar-refractivity contribution in [1.29, 1.82) is 5.26 Å². The summed E-state index contributed by atoms with van der Waals surface area (Å²) in [5, 5.41) is 11.2. The molecule has 1 aromatic carbocycles. The van der Waals surface area contributed by atoms with Crippen LogP contribution in [0.2, 0.25) is 0 Å². The van der Waals surface area contributed by atoms with E-state index in [2.05, 4.69) is 5.32 Å². The van der Waals surface area contributed by atoms with Gasteiger partial charge in [-0.25, -0.2) is 0 Å². The minimum Gasteiger partial charge on any atom is -0.352 e. The molecule has 1 atom stereocenters. The van der Waals surface area contributed by atoms with Crippen LogP contribution in [0, 0.1) is 11.3 Å². The molecule has 21 heavy (non-hydrogen) atoms. The molecular formula is C15H17F3N2O. The summed E-state index contributed by atoms with van der Waals surface area (Å²) in [5.41, 5.74) is -1.63. The van der Waals surface area contributed by atoms with Crippen molar-refractivity contribution in [1.82, 2.24) is 5.32 Å². The molecule has 0 aliphatic heterocycles. The van der Waals surface area contributed by atoms with Crippen LogP contribution in [0.25, 0.3) is 0 Å². The summed E-state index contributed by atoms with van der Waals surface area (Å²) in [6.07, 6.45) is -4.30. The SMILES string of the molecule is C[C@@H](CC#N)NC(=O)C(C)(C)c1cccc(C(F)(F)F)c1. The summed E-state index contributed by atoms with van der Waals surface area (Å²) in [5.74, 6) is -0.412. The molecule has 0 aliphatic rings. The van der Waals surface area contributed by atoms with E-state index in [1.165, 1.54) is 12.1 Å². The first-order chi connectivity index (χ1) is 9.59. The lowest BCUT2D eigenvalue weighted by atomic mass is 9.82. The van der Waals surface area contributed by atoms with Gasteiger partial charge in [-0.3, -0.25) is 4.79 Å². The predicted molar refractivity (Wildman–Crippen MR) is 72.3 cm³/mol. The Bertz CT molecular complexity index is 559. The summed E-state index contributed by atoms with van der Waals surface area (Å²) in [6, 6.07) is 6.30. The van der Waals surface area contributed by atoms with Crippen molar-refractivity contribution in [2.75, 3.05) is 0 Å². The first kappa shape index (κ1) is 17.0. The Morgan fingerprint density at radius 2 is 1.90 bits per heavy atom. The molecule has 0 heterocycles. The van der Waals surface area contributed by atoms with E-state index in [9.17, 15) is 18.0 Å². The third-order valence-electron chi connectivity index (χ3n) is 3.25. The Hall–Kier alpha value is -2.03. The highest BCUT2D eigenvalue weighted by Crippen LogP contribution is 2.32. The van der Waals surface area contributed by atoms with Crippen molar-refractivity contribution in [2.24, 2.45) is 0 Å². The van der Waals surface area contributed by atoms with E-state index in [0.717, 1.165) is 12.1 Å². The molecule has 1 amide bonds. The van der Waals surface area contributed by atoms with Gasteiger partial charge in [-0.1, -0.05) is 18.2 Å². The quantitative estimate of drug-likeness (QED) is 0.926. The van der Waals surface area contributed by atoms with E-state index in [4.69, 9.17) is 5.26 Å². The number of carbonyl (C=O) groups is 1. The number of nitrogens with zero attached hydrogens (tertiary/aromatic N) is 1. The third-order valence-corrected chi connectivity index (χ3v) is 3.25. The highest BCUT2D eigenvalue weighted by molar-refractivity contribution is 5.87. The van der Waals surface area contributed by atoms with Gasteiger partial charge in [0.05, 0.1) is 23.5 Å². The normalized spacial score (nSPS) is 13.4. The fourth-order valence-corrected chi connectivity index (χ4v) is 1.81. The molecule has 3 nitrogen and oxygen atoms in total. The number of benzene rings is 1. The zero-order valence-corrected chi connectivity index (χ0v) is 12.1. The van der Waals surface area contributed by atoms with Crippen LogP contribution in [0.15, 0.2) is 24.3 Å². The lowest BCUT2D eigenvalue weighted by molar-refractivity contribution is -0.138. The van der Waals surface area contributed by atoms with E-state index in [-0.39, 0.29) is 18.0 Å². The van der Waals surface area contributed by atoms with Gasteiger partial charge in [-0.15, -0.1) is 0 Å². The minimum absolute atomic E-state index is 0.143. The van der Waals surface area contributed by atoms with Crippen molar-refractivity contribution >= 4 is 5.91 Å². The fourth-order valence-electron chi connectivity index (χ4n) is 1.81. The Labute approximate surface area is 121 Å². The molecule has 6 heteroatoms. The average molecular weight is 298 g/mol. The number of amides is 1. The molecule has 1 rings (SSSR count). The summed E-state index contributed by atoms with van der Waals surface area (Å²) >= 11 is 0. The molecule has 0 spiro atoms. The molecular weight excluding hydrogens is 281 g/mol. The topological polar surface area (TPSA) is 52.9 Å². The van der Waals surface area contributed by atoms with Gasteiger partial charge in [0, 0.05) is 6.04 Å². The monoisotopic (exact) mass is 298 g/mol. The number of carbonyl (C=O) groups excluding carboxylic acids is 1. The van der Waals surface area contributed by atoms with E-state index in [1.807, 2.05) is 6.07 Å². The summed E-state index contributed by atoms with van der Waals surface area (Å²) in [7, 11) is 0. The number of halogens is 3. The molecule has 0 aromatic heterocycles. The van der Waals surface area contributed by atoms with E-state index in [1.54, 1.807) is 20.8 Å². The van der Waals surface area contributed by atoms with Gasteiger partial charge in [0.25, 0.3) is 0 Å². The number of hydrogen-bond donors (Lipinski definition) is 1. The maximum absolute atomic E-state index is 12.7. The highest BCUT2D eigenvalue weighted by Gasteiger charge is 2.35. The first-order valence-electron chi connectivity index (χ1n) is 6.44. The van der Waals surface area contributed by atoms with Crippen LogP contribution < -0.4 is 5.32 Å². The average Bonchev–Trinajstić information content (AvgIpc) is 2.38. The Morgan fingerprint density at radius 1 is 1.33 bits per heavy atom. The number of rotatable bonds is 4. The number of nitrogens with one attached hydrogen (secondary N) is 1. The van der Waals surface area contributed by atoms with E-state index < -0.39 is 23.1 Å². The Kier molecular flexibility index (Phi) is 5.00. The van der Waals surface area contributed by atoms with Crippen molar-refractivity contribution in [2.45, 2.75) is 44.8 Å². The minimum atomic E-state index is -4.45. The van der Waals surface area contributed by atoms with Gasteiger partial charge in [-0.2, -0.15) is 18.4 Å². The van der Waals surface area contributed by atoms with Crippen LogP contribution in [0.1, 0.15) is 38.3 Å². The van der Waals surface area contributed by atoms with Crippen LogP contribution >= 0.6 is 0 Å². The number of nitriles is 1. The largest absolute Gasteiger partial charge is 0.416 e. The van der Waals surface area contributed by atoms with E-state index in [0.29, 0.717) is 0 Å². The van der Waals surface area contributed by atoms with Gasteiger partial charge >= 0.3 is 6.18 Å². The van der Waals surface area contributed by atoms with E-state index >= 15 is 0 Å². The molecule has 0 radical (unpaired) electrons. The zero-order valence-electron chi connectivity index (χ0n) is 12.1. The predicted octanol–water partition coefficient (Wildman–Crippen LogP) is 3.40. The van der Waals surface area contributed by atoms with Crippen LogP contribution in [0.4, 0.5) is 13.2 Å². The molecule has 0 saturated heterocycles. The van der Waals surface area contributed by atoms with Gasteiger partial charge in [0.2, 0.25) is 5.91 Å². The zero-order chi connectivity index (χ0) is 16.3. The van der Waals surface area contributed by atoms with Crippen molar-refractivity contribution in [3.8, 4) is 6.07 Å². The van der Waals surface area contributed by atoms with Gasteiger partial charge in [0.1, 0.15) is 0 Å². The molecule has 1 N–H and O–H groups in total. The van der Waals surface area contributed by atoms with Gasteiger partial charge in [0.15, 0.2) is 0 Å². The Morgan fingerprint density at radius 3 is 2.43 bits per heavy atom.